The van der Waals surface area contributed by atoms with E-state index in [0.29, 0.717) is 37.2 Å². The van der Waals surface area contributed by atoms with Crippen molar-refractivity contribution in [1.29, 1.82) is 0 Å². The molecule has 3 amide bonds. The maximum Gasteiger partial charge on any atom is 0.435 e. The van der Waals surface area contributed by atoms with Crippen LogP contribution < -0.4 is 10.6 Å². The van der Waals surface area contributed by atoms with Gasteiger partial charge in [-0.25, -0.2) is 9.48 Å². The predicted octanol–water partition coefficient (Wildman–Crippen LogP) is 4.13. The second-order valence-corrected chi connectivity index (χ2v) is 8.71. The molecule has 33 heavy (non-hydrogen) atoms. The van der Waals surface area contributed by atoms with Gasteiger partial charge in [0.15, 0.2) is 5.69 Å². The van der Waals surface area contributed by atoms with Crippen molar-refractivity contribution in [2.75, 3.05) is 13.1 Å². The lowest BCUT2D eigenvalue weighted by molar-refractivity contribution is -0.141. The van der Waals surface area contributed by atoms with Crippen LogP contribution in [0.2, 0.25) is 0 Å². The van der Waals surface area contributed by atoms with Crippen LogP contribution in [0, 0.1) is 0 Å². The van der Waals surface area contributed by atoms with Gasteiger partial charge in [0.25, 0.3) is 5.91 Å². The van der Waals surface area contributed by atoms with E-state index < -0.39 is 11.9 Å². The highest BCUT2D eigenvalue weighted by atomic mass is 19.4. The molecule has 2 heterocycles. The molecule has 1 saturated carbocycles. The van der Waals surface area contributed by atoms with E-state index in [1.54, 1.807) is 24.3 Å². The highest BCUT2D eigenvalue weighted by molar-refractivity contribution is 5.94. The summed E-state index contributed by atoms with van der Waals surface area (Å²) in [6, 6.07) is 7.36. The van der Waals surface area contributed by atoms with Crippen LogP contribution in [0.4, 0.5) is 18.0 Å². The van der Waals surface area contributed by atoms with Crippen molar-refractivity contribution in [2.45, 2.75) is 63.2 Å². The molecule has 1 aromatic heterocycles. The van der Waals surface area contributed by atoms with Gasteiger partial charge in [-0.15, -0.1) is 0 Å². The summed E-state index contributed by atoms with van der Waals surface area (Å²) in [5.74, 6) is -0.247. The van der Waals surface area contributed by atoms with Crippen molar-refractivity contribution in [1.82, 2.24) is 25.3 Å². The fraction of sp³-hybridized carbons (Fsp3) is 0.522. The number of hydrogen-bond acceptors (Lipinski definition) is 3. The van der Waals surface area contributed by atoms with E-state index in [1.165, 1.54) is 12.6 Å². The van der Waals surface area contributed by atoms with Crippen LogP contribution in [0.1, 0.15) is 61.0 Å². The Morgan fingerprint density at radius 2 is 1.52 bits per heavy atom. The Balaban J connectivity index is 1.26. The first kappa shape index (κ1) is 23.1. The van der Waals surface area contributed by atoms with Crippen molar-refractivity contribution < 1.29 is 22.8 Å². The molecule has 4 rings (SSSR count). The molecule has 1 aromatic carbocycles. The summed E-state index contributed by atoms with van der Waals surface area (Å²) < 4.78 is 39.3. The van der Waals surface area contributed by atoms with Gasteiger partial charge in [-0.1, -0.05) is 19.3 Å². The Labute approximate surface area is 190 Å². The molecule has 1 aliphatic carbocycles. The first-order chi connectivity index (χ1) is 15.8. The third-order valence-corrected chi connectivity index (χ3v) is 6.32. The van der Waals surface area contributed by atoms with E-state index in [1.807, 2.05) is 4.90 Å². The number of alkyl halides is 3. The van der Waals surface area contributed by atoms with E-state index in [4.69, 9.17) is 0 Å². The summed E-state index contributed by atoms with van der Waals surface area (Å²) in [6.07, 6.45) is 3.73. The van der Waals surface area contributed by atoms with Gasteiger partial charge in [0.2, 0.25) is 0 Å². The van der Waals surface area contributed by atoms with Crippen LogP contribution in [-0.4, -0.2) is 51.8 Å². The van der Waals surface area contributed by atoms with Crippen LogP contribution in [0.25, 0.3) is 5.69 Å². The number of carbonyl (C=O) groups is 2. The summed E-state index contributed by atoms with van der Waals surface area (Å²) in [6.45, 7) is 1.17. The van der Waals surface area contributed by atoms with E-state index in [0.717, 1.165) is 36.4 Å². The van der Waals surface area contributed by atoms with Gasteiger partial charge in [0.05, 0.1) is 5.69 Å². The second kappa shape index (κ2) is 9.84. The van der Waals surface area contributed by atoms with Crippen molar-refractivity contribution in [2.24, 2.45) is 0 Å². The normalized spacial score (nSPS) is 18.2. The standard InChI is InChI=1S/C23H28F3N5O2/c24-23(25,26)20-12-15-31(29-20)19-8-6-16(7-9-19)21(32)27-18-10-13-30(14-11-18)22(33)28-17-4-2-1-3-5-17/h6-9,12,15,17-18H,1-5,10-11,13-14H2,(H,27,32)(H,28,33). The van der Waals surface area contributed by atoms with Gasteiger partial charge >= 0.3 is 12.2 Å². The molecule has 0 unspecified atom stereocenters. The van der Waals surface area contributed by atoms with E-state index >= 15 is 0 Å². The van der Waals surface area contributed by atoms with Crippen LogP contribution >= 0.6 is 0 Å². The zero-order valence-corrected chi connectivity index (χ0v) is 18.3. The lowest BCUT2D eigenvalue weighted by atomic mass is 9.95. The molecule has 2 N–H and O–H groups in total. The molecule has 2 fully saturated rings. The third-order valence-electron chi connectivity index (χ3n) is 6.32. The number of benzene rings is 1. The first-order valence-electron chi connectivity index (χ1n) is 11.4. The third kappa shape index (κ3) is 5.85. The van der Waals surface area contributed by atoms with Crippen LogP contribution in [0.15, 0.2) is 36.5 Å². The number of halogens is 3. The number of nitrogens with one attached hydrogen (secondary N) is 2. The van der Waals surface area contributed by atoms with Crippen molar-refractivity contribution in [3.05, 3.63) is 47.8 Å². The second-order valence-electron chi connectivity index (χ2n) is 8.71. The number of carbonyl (C=O) groups excluding carboxylic acids is 2. The van der Waals surface area contributed by atoms with Crippen LogP contribution in [-0.2, 0) is 6.18 Å². The molecule has 1 saturated heterocycles. The number of rotatable bonds is 4. The lowest BCUT2D eigenvalue weighted by Gasteiger charge is -2.34. The van der Waals surface area contributed by atoms with Crippen molar-refractivity contribution in [3.8, 4) is 5.69 Å². The Bertz CT molecular complexity index is 959. The zero-order chi connectivity index (χ0) is 23.4. The van der Waals surface area contributed by atoms with Gasteiger partial charge in [0.1, 0.15) is 0 Å². The molecular weight excluding hydrogens is 435 g/mol. The molecule has 178 valence electrons. The molecule has 0 spiro atoms. The number of hydrogen-bond donors (Lipinski definition) is 2. The molecule has 0 radical (unpaired) electrons. The first-order valence-corrected chi connectivity index (χ1v) is 11.4. The largest absolute Gasteiger partial charge is 0.435 e. The monoisotopic (exact) mass is 463 g/mol. The minimum Gasteiger partial charge on any atom is -0.349 e. The minimum absolute atomic E-state index is 0.0189. The average Bonchev–Trinajstić information content (AvgIpc) is 3.31. The SMILES string of the molecule is O=C(NC1CCN(C(=O)NC2CCCCC2)CC1)c1ccc(-n2ccc(C(F)(F)F)n2)cc1. The summed E-state index contributed by atoms with van der Waals surface area (Å²) in [7, 11) is 0. The average molecular weight is 464 g/mol. The van der Waals surface area contributed by atoms with E-state index in [2.05, 4.69) is 15.7 Å². The van der Waals surface area contributed by atoms with Crippen LogP contribution in [0.5, 0.6) is 0 Å². The quantitative estimate of drug-likeness (QED) is 0.716. The number of urea groups is 1. The van der Waals surface area contributed by atoms with Gasteiger partial charge in [-0.05, 0) is 56.0 Å². The Morgan fingerprint density at radius 1 is 0.879 bits per heavy atom. The molecule has 7 nitrogen and oxygen atoms in total. The minimum atomic E-state index is -4.50. The number of piperidine rings is 1. The number of aromatic nitrogens is 2. The summed E-state index contributed by atoms with van der Waals surface area (Å²) in [5.41, 5.74) is -0.123. The summed E-state index contributed by atoms with van der Waals surface area (Å²) in [4.78, 5) is 26.9. The van der Waals surface area contributed by atoms with Gasteiger partial charge in [0, 0.05) is 36.9 Å². The summed E-state index contributed by atoms with van der Waals surface area (Å²) in [5, 5.41) is 9.65. The predicted molar refractivity (Wildman–Crippen MR) is 116 cm³/mol. The molecule has 2 aliphatic rings. The number of amides is 3. The Hall–Kier alpha value is -3.04. The van der Waals surface area contributed by atoms with Gasteiger partial charge in [-0.3, -0.25) is 4.79 Å². The smallest absolute Gasteiger partial charge is 0.349 e. The maximum absolute atomic E-state index is 12.7. The van der Waals surface area contributed by atoms with Gasteiger partial charge < -0.3 is 15.5 Å². The van der Waals surface area contributed by atoms with Crippen molar-refractivity contribution >= 4 is 11.9 Å². The van der Waals surface area contributed by atoms with E-state index in [-0.39, 0.29) is 24.0 Å². The van der Waals surface area contributed by atoms with E-state index in [9.17, 15) is 22.8 Å². The molecule has 1 aliphatic heterocycles. The number of nitrogens with zero attached hydrogens (tertiary/aromatic N) is 3. The van der Waals surface area contributed by atoms with Crippen LogP contribution in [0.3, 0.4) is 0 Å². The lowest BCUT2D eigenvalue weighted by Crippen LogP contribution is -2.51. The zero-order valence-electron chi connectivity index (χ0n) is 18.3. The summed E-state index contributed by atoms with van der Waals surface area (Å²) >= 11 is 0. The topological polar surface area (TPSA) is 79.3 Å². The van der Waals surface area contributed by atoms with Crippen molar-refractivity contribution in [3.63, 3.8) is 0 Å². The fourth-order valence-electron chi connectivity index (χ4n) is 4.39. The maximum atomic E-state index is 12.7. The van der Waals surface area contributed by atoms with Gasteiger partial charge in [-0.2, -0.15) is 18.3 Å². The molecule has 10 heteroatoms. The fourth-order valence-corrected chi connectivity index (χ4v) is 4.39. The highest BCUT2D eigenvalue weighted by Gasteiger charge is 2.33. The molecule has 0 atom stereocenters. The molecule has 0 bridgehead atoms. The Morgan fingerprint density at radius 3 is 2.12 bits per heavy atom. The molecular formula is C23H28F3N5O2. The highest BCUT2D eigenvalue weighted by Crippen LogP contribution is 2.28. The number of likely N-dealkylation sites (tertiary alicyclic amines) is 1. The molecule has 2 aromatic rings. The Kier molecular flexibility index (Phi) is 6.90.